The van der Waals surface area contributed by atoms with Crippen LogP contribution in [0.15, 0.2) is 42.5 Å². The lowest BCUT2D eigenvalue weighted by Crippen LogP contribution is -2.30. The summed E-state index contributed by atoms with van der Waals surface area (Å²) in [7, 11) is 0. The maximum atomic E-state index is 13.8. The molecule has 0 unspecified atom stereocenters. The van der Waals surface area contributed by atoms with Crippen molar-refractivity contribution in [3.8, 4) is 0 Å². The van der Waals surface area contributed by atoms with E-state index in [0.717, 1.165) is 5.75 Å². The second-order valence-corrected chi connectivity index (χ2v) is 5.75. The maximum absolute atomic E-state index is 13.8. The molecule has 0 atom stereocenters. The molecule has 2 aromatic carbocycles. The van der Waals surface area contributed by atoms with Crippen LogP contribution in [0.3, 0.4) is 0 Å². The summed E-state index contributed by atoms with van der Waals surface area (Å²) in [5.74, 6) is 5.67. The van der Waals surface area contributed by atoms with Crippen LogP contribution in [0.1, 0.15) is 27.0 Å². The number of thioether (sulfide) groups is 1. The molecule has 1 amide bonds. The van der Waals surface area contributed by atoms with Crippen molar-refractivity contribution in [3.05, 3.63) is 70.5 Å². The van der Waals surface area contributed by atoms with Crippen molar-refractivity contribution in [1.29, 1.82) is 0 Å². The van der Waals surface area contributed by atoms with Gasteiger partial charge < -0.3 is 0 Å². The number of carbonyl (C=O) groups excluding carboxylic acids is 1. The van der Waals surface area contributed by atoms with Crippen molar-refractivity contribution in [2.45, 2.75) is 18.4 Å². The summed E-state index contributed by atoms with van der Waals surface area (Å²) < 4.78 is 13.8. The molecule has 2 rings (SSSR count). The van der Waals surface area contributed by atoms with Gasteiger partial charge in [-0.1, -0.05) is 29.8 Å². The monoisotopic (exact) mass is 304 g/mol. The van der Waals surface area contributed by atoms with Gasteiger partial charge in [0.15, 0.2) is 0 Å². The van der Waals surface area contributed by atoms with E-state index in [9.17, 15) is 9.18 Å². The lowest BCUT2D eigenvalue weighted by atomic mass is 10.1. The number of carbonyl (C=O) groups is 1. The van der Waals surface area contributed by atoms with Crippen LogP contribution in [0, 0.1) is 12.7 Å². The Kier molecular flexibility index (Phi) is 5.36. The van der Waals surface area contributed by atoms with Gasteiger partial charge in [-0.15, -0.1) is 0 Å². The van der Waals surface area contributed by atoms with Crippen LogP contribution in [-0.4, -0.2) is 5.91 Å². The number of hydrogen-bond acceptors (Lipinski definition) is 3. The van der Waals surface area contributed by atoms with Gasteiger partial charge in [-0.05, 0) is 36.2 Å². The third-order valence-electron chi connectivity index (χ3n) is 3.05. The minimum absolute atomic E-state index is 0.305. The number of nitrogen functional groups attached to an aromatic ring is 1. The molecule has 5 heteroatoms. The zero-order valence-electron chi connectivity index (χ0n) is 11.7. The molecule has 0 saturated heterocycles. The molecule has 0 bridgehead atoms. The zero-order valence-corrected chi connectivity index (χ0v) is 12.5. The van der Waals surface area contributed by atoms with Crippen LogP contribution in [0.5, 0.6) is 0 Å². The van der Waals surface area contributed by atoms with Crippen LogP contribution >= 0.6 is 11.8 Å². The molecular weight excluding hydrogens is 287 g/mol. The Balaban J connectivity index is 2.01. The summed E-state index contributed by atoms with van der Waals surface area (Å²) in [5, 5.41) is 0. The predicted molar refractivity (Wildman–Crippen MR) is 84.2 cm³/mol. The van der Waals surface area contributed by atoms with E-state index >= 15 is 0 Å². The van der Waals surface area contributed by atoms with Crippen molar-refractivity contribution < 1.29 is 9.18 Å². The molecule has 0 fully saturated rings. The molecule has 3 nitrogen and oxygen atoms in total. The normalized spacial score (nSPS) is 10.4. The minimum Gasteiger partial charge on any atom is -0.290 e. The first-order valence-electron chi connectivity index (χ1n) is 6.53. The summed E-state index contributed by atoms with van der Waals surface area (Å²) in [4.78, 5) is 11.4. The van der Waals surface area contributed by atoms with E-state index in [1.54, 1.807) is 17.8 Å². The van der Waals surface area contributed by atoms with E-state index in [4.69, 9.17) is 5.84 Å². The molecule has 21 heavy (non-hydrogen) atoms. The summed E-state index contributed by atoms with van der Waals surface area (Å²) in [5.41, 5.74) is 5.34. The van der Waals surface area contributed by atoms with E-state index in [1.807, 2.05) is 24.5 Å². The standard InChI is InChI=1S/C16H17FN2OS/c1-11-3-2-4-12(7-11)9-21-10-14-8-13(16(20)19-18)5-6-15(14)17/h2-8H,9-10,18H2,1H3,(H,19,20). The number of aryl methyl sites for hydroxylation is 1. The molecule has 0 aromatic heterocycles. The van der Waals surface area contributed by atoms with Crippen molar-refractivity contribution in [3.63, 3.8) is 0 Å². The van der Waals surface area contributed by atoms with Gasteiger partial charge in [-0.3, -0.25) is 10.2 Å². The Hall–Kier alpha value is -1.85. The Morgan fingerprint density at radius 2 is 2.05 bits per heavy atom. The second-order valence-electron chi connectivity index (χ2n) is 4.76. The molecule has 0 saturated carbocycles. The number of nitrogens with two attached hydrogens (primary N) is 1. The fourth-order valence-electron chi connectivity index (χ4n) is 1.99. The van der Waals surface area contributed by atoms with E-state index in [1.165, 1.54) is 23.3 Å². The third kappa shape index (κ3) is 4.31. The fraction of sp³-hybridized carbons (Fsp3) is 0.188. The van der Waals surface area contributed by atoms with Crippen molar-refractivity contribution in [1.82, 2.24) is 5.43 Å². The molecule has 0 aliphatic heterocycles. The lowest BCUT2D eigenvalue weighted by molar-refractivity contribution is 0.0953. The van der Waals surface area contributed by atoms with E-state index in [-0.39, 0.29) is 5.82 Å². The molecule has 3 N–H and O–H groups in total. The molecule has 0 radical (unpaired) electrons. The second kappa shape index (κ2) is 7.24. The van der Waals surface area contributed by atoms with Gasteiger partial charge in [-0.2, -0.15) is 11.8 Å². The average Bonchev–Trinajstić information content (AvgIpc) is 2.48. The van der Waals surface area contributed by atoms with Gasteiger partial charge >= 0.3 is 0 Å². The van der Waals surface area contributed by atoms with Gasteiger partial charge in [-0.25, -0.2) is 10.2 Å². The van der Waals surface area contributed by atoms with Crippen LogP contribution in [0.2, 0.25) is 0 Å². The minimum atomic E-state index is -0.417. The summed E-state index contributed by atoms with van der Waals surface area (Å²) in [6.07, 6.45) is 0. The van der Waals surface area contributed by atoms with Gasteiger partial charge in [0.25, 0.3) is 5.91 Å². The SMILES string of the molecule is Cc1cccc(CSCc2cc(C(=O)NN)ccc2F)c1. The van der Waals surface area contributed by atoms with E-state index in [2.05, 4.69) is 12.1 Å². The summed E-state index contributed by atoms with van der Waals surface area (Å²) in [6.45, 7) is 2.04. The quantitative estimate of drug-likeness (QED) is 0.507. The Morgan fingerprint density at radius 3 is 2.76 bits per heavy atom. The van der Waals surface area contributed by atoms with E-state index in [0.29, 0.717) is 16.9 Å². The lowest BCUT2D eigenvalue weighted by Gasteiger charge is -2.07. The largest absolute Gasteiger partial charge is 0.290 e. The van der Waals surface area contributed by atoms with Crippen molar-refractivity contribution in [2.24, 2.45) is 5.84 Å². The third-order valence-corrected chi connectivity index (χ3v) is 4.10. The molecule has 0 spiro atoms. The number of nitrogens with one attached hydrogen (secondary N) is 1. The Bertz CT molecular complexity index is 646. The highest BCUT2D eigenvalue weighted by Gasteiger charge is 2.09. The first-order chi connectivity index (χ1) is 10.1. The number of rotatable bonds is 5. The summed E-state index contributed by atoms with van der Waals surface area (Å²) >= 11 is 1.61. The Morgan fingerprint density at radius 1 is 1.24 bits per heavy atom. The highest BCUT2D eigenvalue weighted by Crippen LogP contribution is 2.21. The van der Waals surface area contributed by atoms with E-state index < -0.39 is 5.91 Å². The highest BCUT2D eigenvalue weighted by molar-refractivity contribution is 7.97. The number of hydrogen-bond donors (Lipinski definition) is 2. The van der Waals surface area contributed by atoms with Gasteiger partial charge in [0.1, 0.15) is 5.82 Å². The Labute approximate surface area is 127 Å². The molecule has 0 aliphatic rings. The van der Waals surface area contributed by atoms with Crippen LogP contribution < -0.4 is 11.3 Å². The van der Waals surface area contributed by atoms with Crippen molar-refractivity contribution in [2.75, 3.05) is 0 Å². The van der Waals surface area contributed by atoms with Crippen LogP contribution in [0.4, 0.5) is 4.39 Å². The van der Waals surface area contributed by atoms with Crippen LogP contribution in [0.25, 0.3) is 0 Å². The number of benzene rings is 2. The summed E-state index contributed by atoms with van der Waals surface area (Å²) in [6, 6.07) is 12.5. The molecular formula is C16H17FN2OS. The molecule has 110 valence electrons. The van der Waals surface area contributed by atoms with Gasteiger partial charge in [0.2, 0.25) is 0 Å². The first kappa shape index (κ1) is 15.5. The molecule has 2 aromatic rings. The number of halogens is 1. The average molecular weight is 304 g/mol. The topological polar surface area (TPSA) is 55.1 Å². The smallest absolute Gasteiger partial charge is 0.265 e. The fourth-order valence-corrected chi connectivity index (χ4v) is 2.95. The van der Waals surface area contributed by atoms with Gasteiger partial charge in [0, 0.05) is 17.1 Å². The molecule has 0 heterocycles. The van der Waals surface area contributed by atoms with Crippen LogP contribution in [-0.2, 0) is 11.5 Å². The van der Waals surface area contributed by atoms with Gasteiger partial charge in [0.05, 0.1) is 0 Å². The predicted octanol–water partition coefficient (Wildman–Crippen LogP) is 3.17. The molecule has 0 aliphatic carbocycles. The zero-order chi connectivity index (χ0) is 15.2. The highest BCUT2D eigenvalue weighted by atomic mass is 32.2. The number of hydrazine groups is 1. The van der Waals surface area contributed by atoms with Crippen molar-refractivity contribution >= 4 is 17.7 Å². The first-order valence-corrected chi connectivity index (χ1v) is 7.68. The number of amides is 1. The maximum Gasteiger partial charge on any atom is 0.265 e.